The summed E-state index contributed by atoms with van der Waals surface area (Å²) >= 11 is 1.77. The van der Waals surface area contributed by atoms with E-state index in [-0.39, 0.29) is 11.9 Å². The van der Waals surface area contributed by atoms with Crippen molar-refractivity contribution >= 4 is 29.2 Å². The summed E-state index contributed by atoms with van der Waals surface area (Å²) < 4.78 is 0. The molecule has 27 heavy (non-hydrogen) atoms. The fourth-order valence-electron chi connectivity index (χ4n) is 2.91. The van der Waals surface area contributed by atoms with Crippen LogP contribution in [0.4, 0.5) is 4.79 Å². The second-order valence-corrected chi connectivity index (χ2v) is 7.94. The Balaban J connectivity index is 1.84. The molecule has 1 unspecified atom stereocenters. The van der Waals surface area contributed by atoms with Crippen molar-refractivity contribution in [2.24, 2.45) is 4.99 Å². The molecule has 1 fully saturated rings. The van der Waals surface area contributed by atoms with E-state index >= 15 is 0 Å². The van der Waals surface area contributed by atoms with Crippen LogP contribution in [0.3, 0.4) is 0 Å². The van der Waals surface area contributed by atoms with E-state index < -0.39 is 5.54 Å². The van der Waals surface area contributed by atoms with Crippen molar-refractivity contribution in [3.8, 4) is 0 Å². The van der Waals surface area contributed by atoms with Crippen LogP contribution in [0, 0.1) is 0 Å². The number of carbonyl (C=O) groups excluding carboxylic acids is 2. The summed E-state index contributed by atoms with van der Waals surface area (Å²) in [6.45, 7) is 8.35. The lowest BCUT2D eigenvalue weighted by Gasteiger charge is -2.22. The predicted octanol–water partition coefficient (Wildman–Crippen LogP) is 2.30. The number of hydrogen-bond donors (Lipinski definition) is 2. The van der Waals surface area contributed by atoms with Crippen LogP contribution in [0.15, 0.2) is 22.5 Å². The van der Waals surface area contributed by atoms with Gasteiger partial charge < -0.3 is 15.5 Å². The second-order valence-electron chi connectivity index (χ2n) is 6.91. The maximum Gasteiger partial charge on any atom is 0.325 e. The van der Waals surface area contributed by atoms with Crippen LogP contribution in [-0.4, -0.2) is 66.5 Å². The highest BCUT2D eigenvalue weighted by Crippen LogP contribution is 2.20. The summed E-state index contributed by atoms with van der Waals surface area (Å²) in [5.41, 5.74) is -0.767. The molecule has 0 bridgehead atoms. The zero-order chi connectivity index (χ0) is 19.9. The Kier molecular flexibility index (Phi) is 7.65. The van der Waals surface area contributed by atoms with Crippen molar-refractivity contribution in [3.05, 3.63) is 22.4 Å². The molecular weight excluding hydrogens is 362 g/mol. The van der Waals surface area contributed by atoms with E-state index in [4.69, 9.17) is 0 Å². The van der Waals surface area contributed by atoms with Gasteiger partial charge in [0.25, 0.3) is 5.91 Å². The average molecular weight is 394 g/mol. The molecule has 8 heteroatoms. The predicted molar refractivity (Wildman–Crippen MR) is 110 cm³/mol. The molecule has 1 atom stereocenters. The van der Waals surface area contributed by atoms with Gasteiger partial charge in [-0.05, 0) is 44.6 Å². The molecule has 3 amide bonds. The minimum absolute atomic E-state index is 0.140. The molecule has 2 heterocycles. The van der Waals surface area contributed by atoms with Gasteiger partial charge >= 0.3 is 6.03 Å². The molecule has 0 aromatic carbocycles. The number of likely N-dealkylation sites (N-methyl/N-ethyl adjacent to an activating group) is 1. The number of imide groups is 1. The molecule has 0 aliphatic carbocycles. The van der Waals surface area contributed by atoms with Crippen molar-refractivity contribution in [1.29, 1.82) is 0 Å². The average Bonchev–Trinajstić information content (AvgIpc) is 3.24. The molecule has 150 valence electrons. The third-order valence-electron chi connectivity index (χ3n) is 4.82. The first-order valence-corrected chi connectivity index (χ1v) is 10.4. The first kappa shape index (κ1) is 21.2. The molecule has 1 aromatic rings. The van der Waals surface area contributed by atoms with E-state index in [1.54, 1.807) is 18.3 Å². The van der Waals surface area contributed by atoms with E-state index in [1.165, 1.54) is 9.78 Å². The molecule has 0 radical (unpaired) electrons. The van der Waals surface area contributed by atoms with Crippen molar-refractivity contribution in [2.45, 2.75) is 45.6 Å². The Morgan fingerprint density at radius 1 is 1.41 bits per heavy atom. The summed E-state index contributed by atoms with van der Waals surface area (Å²) in [5, 5.41) is 8.17. The van der Waals surface area contributed by atoms with E-state index in [0.29, 0.717) is 25.9 Å². The van der Waals surface area contributed by atoms with Crippen molar-refractivity contribution in [2.75, 3.05) is 33.2 Å². The zero-order valence-electron chi connectivity index (χ0n) is 16.7. The highest BCUT2D eigenvalue weighted by Gasteiger charge is 2.45. The van der Waals surface area contributed by atoms with Crippen LogP contribution in [0.5, 0.6) is 0 Å². The Labute approximate surface area is 165 Å². The number of amides is 3. The SMILES string of the molecule is CCNC(=NCCCN1C(=O)NC(C)(CC)C1=O)N(C)CCc1cccs1. The molecule has 0 spiro atoms. The monoisotopic (exact) mass is 393 g/mol. The van der Waals surface area contributed by atoms with Gasteiger partial charge in [-0.25, -0.2) is 4.79 Å². The molecule has 0 saturated carbocycles. The van der Waals surface area contributed by atoms with Gasteiger partial charge in [-0.1, -0.05) is 13.0 Å². The molecule has 1 aliphatic heterocycles. The standard InChI is InChI=1S/C19H31N5O2S/c1-5-19(3)16(25)24(18(26)22-19)12-8-11-21-17(20-6-2)23(4)13-10-15-9-7-14-27-15/h7,9,14H,5-6,8,10-13H2,1-4H3,(H,20,21)(H,22,26). The van der Waals surface area contributed by atoms with Crippen molar-refractivity contribution < 1.29 is 9.59 Å². The fraction of sp³-hybridized carbons (Fsp3) is 0.632. The van der Waals surface area contributed by atoms with Crippen LogP contribution >= 0.6 is 11.3 Å². The normalized spacial score (nSPS) is 20.1. The number of nitrogens with zero attached hydrogens (tertiary/aromatic N) is 3. The van der Waals surface area contributed by atoms with E-state index in [1.807, 2.05) is 20.9 Å². The minimum atomic E-state index is -0.767. The largest absolute Gasteiger partial charge is 0.357 e. The van der Waals surface area contributed by atoms with Gasteiger partial charge in [-0.2, -0.15) is 0 Å². The third-order valence-corrected chi connectivity index (χ3v) is 5.76. The Morgan fingerprint density at radius 2 is 2.19 bits per heavy atom. The number of nitrogens with one attached hydrogen (secondary N) is 2. The lowest BCUT2D eigenvalue weighted by Crippen LogP contribution is -2.43. The molecule has 1 aromatic heterocycles. The fourth-order valence-corrected chi connectivity index (χ4v) is 3.61. The molecule has 2 N–H and O–H groups in total. The Morgan fingerprint density at radius 3 is 2.78 bits per heavy atom. The van der Waals surface area contributed by atoms with Crippen LogP contribution in [0.25, 0.3) is 0 Å². The summed E-state index contributed by atoms with van der Waals surface area (Å²) in [6, 6.07) is 3.91. The lowest BCUT2D eigenvalue weighted by molar-refractivity contribution is -0.130. The van der Waals surface area contributed by atoms with Gasteiger partial charge in [0.05, 0.1) is 0 Å². The van der Waals surface area contributed by atoms with Crippen molar-refractivity contribution in [3.63, 3.8) is 0 Å². The number of carbonyl (C=O) groups is 2. The third kappa shape index (κ3) is 5.45. The smallest absolute Gasteiger partial charge is 0.325 e. The number of hydrogen-bond acceptors (Lipinski definition) is 4. The quantitative estimate of drug-likeness (QED) is 0.292. The number of guanidine groups is 1. The summed E-state index contributed by atoms with van der Waals surface area (Å²) in [7, 11) is 2.03. The van der Waals surface area contributed by atoms with E-state index in [9.17, 15) is 9.59 Å². The number of rotatable bonds is 9. The number of aliphatic imine (C=N–C) groups is 1. The van der Waals surface area contributed by atoms with Crippen LogP contribution in [-0.2, 0) is 11.2 Å². The summed E-state index contributed by atoms with van der Waals surface area (Å²) in [6.07, 6.45) is 2.22. The Hall–Kier alpha value is -2.09. The van der Waals surface area contributed by atoms with E-state index in [2.05, 4.69) is 38.0 Å². The molecule has 1 aliphatic rings. The van der Waals surface area contributed by atoms with Gasteiger partial charge in [-0.3, -0.25) is 14.7 Å². The van der Waals surface area contributed by atoms with E-state index in [0.717, 1.165) is 25.5 Å². The van der Waals surface area contributed by atoms with Gasteiger partial charge in [0.2, 0.25) is 0 Å². The first-order valence-electron chi connectivity index (χ1n) is 9.57. The first-order chi connectivity index (χ1) is 12.9. The highest BCUT2D eigenvalue weighted by atomic mass is 32.1. The maximum absolute atomic E-state index is 12.4. The van der Waals surface area contributed by atoms with Gasteiger partial charge in [0.1, 0.15) is 5.54 Å². The van der Waals surface area contributed by atoms with Crippen LogP contribution < -0.4 is 10.6 Å². The van der Waals surface area contributed by atoms with Gasteiger partial charge in [0.15, 0.2) is 5.96 Å². The van der Waals surface area contributed by atoms with Crippen LogP contribution in [0.2, 0.25) is 0 Å². The molecule has 7 nitrogen and oxygen atoms in total. The maximum atomic E-state index is 12.4. The van der Waals surface area contributed by atoms with Gasteiger partial charge in [0, 0.05) is 38.1 Å². The van der Waals surface area contributed by atoms with Crippen molar-refractivity contribution in [1.82, 2.24) is 20.4 Å². The molecule has 1 saturated heterocycles. The molecule has 2 rings (SSSR count). The summed E-state index contributed by atoms with van der Waals surface area (Å²) in [5.74, 6) is 0.712. The number of urea groups is 1. The molecular formula is C19H31N5O2S. The summed E-state index contributed by atoms with van der Waals surface area (Å²) in [4.78, 5) is 33.9. The number of thiophene rings is 1. The minimum Gasteiger partial charge on any atom is -0.357 e. The van der Waals surface area contributed by atoms with Crippen LogP contribution in [0.1, 0.15) is 38.5 Å². The van der Waals surface area contributed by atoms with Gasteiger partial charge in [-0.15, -0.1) is 11.3 Å². The highest BCUT2D eigenvalue weighted by molar-refractivity contribution is 7.09. The zero-order valence-corrected chi connectivity index (χ0v) is 17.6. The second kappa shape index (κ2) is 9.73. The topological polar surface area (TPSA) is 77.0 Å². The Bertz CT molecular complexity index is 661. The lowest BCUT2D eigenvalue weighted by atomic mass is 9.99.